The molecule has 2 heterocycles. The molecule has 1 amide bonds. The normalized spacial score (nSPS) is 24.8. The Kier molecular flexibility index (Phi) is 3.70. The van der Waals surface area contributed by atoms with Gasteiger partial charge in [-0.2, -0.15) is 0 Å². The quantitative estimate of drug-likeness (QED) is 0.762. The van der Waals surface area contributed by atoms with Gasteiger partial charge in [0.2, 0.25) is 5.91 Å². The number of rotatable bonds is 1. The molecule has 2 rings (SSSR count). The van der Waals surface area contributed by atoms with Gasteiger partial charge in [-0.05, 0) is 52.0 Å². The molecule has 0 saturated carbocycles. The van der Waals surface area contributed by atoms with Crippen molar-refractivity contribution in [2.24, 2.45) is 5.41 Å². The first kappa shape index (κ1) is 13.8. The Labute approximate surface area is 110 Å². The summed E-state index contributed by atoms with van der Waals surface area (Å²) in [5.74, 6) is -0.115. The Morgan fingerprint density at radius 2 is 1.72 bits per heavy atom. The molecule has 0 aromatic rings. The van der Waals surface area contributed by atoms with E-state index in [9.17, 15) is 4.79 Å². The highest BCUT2D eigenvalue weighted by molar-refractivity contribution is 5.77. The van der Waals surface area contributed by atoms with Crippen LogP contribution in [0.5, 0.6) is 0 Å². The van der Waals surface area contributed by atoms with Crippen LogP contribution in [0.15, 0.2) is 0 Å². The van der Waals surface area contributed by atoms with Crippen LogP contribution in [0.4, 0.5) is 0 Å². The van der Waals surface area contributed by atoms with E-state index in [0.717, 1.165) is 32.5 Å². The molecule has 2 saturated heterocycles. The number of piperidine rings is 1. The molecular formula is C14H26N2O2. The van der Waals surface area contributed by atoms with Gasteiger partial charge in [0.05, 0.1) is 0 Å². The highest BCUT2D eigenvalue weighted by Gasteiger charge is 2.43. The van der Waals surface area contributed by atoms with Gasteiger partial charge >= 0.3 is 0 Å². The standard InChI is InChI=1S/C14H26N2O2/c1-13(2,3)16-9-6-14(11-16)4-7-15(8-5-14)12(18)10-17/h17H,4-11H2,1-3H3. The maximum Gasteiger partial charge on any atom is 0.248 e. The first-order chi connectivity index (χ1) is 8.36. The van der Waals surface area contributed by atoms with Crippen molar-refractivity contribution in [2.75, 3.05) is 32.8 Å². The second-order valence-corrected chi connectivity index (χ2v) is 6.88. The zero-order chi connectivity index (χ0) is 13.4. The highest BCUT2D eigenvalue weighted by Crippen LogP contribution is 2.42. The van der Waals surface area contributed by atoms with Gasteiger partial charge in [-0.3, -0.25) is 9.69 Å². The molecule has 2 aliphatic rings. The molecule has 0 unspecified atom stereocenters. The molecule has 0 aromatic carbocycles. The van der Waals surface area contributed by atoms with Crippen molar-refractivity contribution >= 4 is 5.91 Å². The van der Waals surface area contributed by atoms with E-state index in [0.29, 0.717) is 5.41 Å². The van der Waals surface area contributed by atoms with Gasteiger partial charge in [-0.15, -0.1) is 0 Å². The monoisotopic (exact) mass is 254 g/mol. The van der Waals surface area contributed by atoms with Crippen molar-refractivity contribution in [1.29, 1.82) is 0 Å². The number of aliphatic hydroxyl groups is 1. The first-order valence-electron chi connectivity index (χ1n) is 7.00. The van der Waals surface area contributed by atoms with E-state index in [1.807, 2.05) is 4.90 Å². The number of amides is 1. The average Bonchev–Trinajstić information content (AvgIpc) is 2.73. The number of aliphatic hydroxyl groups excluding tert-OH is 1. The van der Waals surface area contributed by atoms with E-state index in [2.05, 4.69) is 25.7 Å². The van der Waals surface area contributed by atoms with Crippen LogP contribution < -0.4 is 0 Å². The van der Waals surface area contributed by atoms with E-state index in [-0.39, 0.29) is 18.1 Å². The van der Waals surface area contributed by atoms with Crippen LogP contribution in [0, 0.1) is 5.41 Å². The molecule has 2 aliphatic heterocycles. The van der Waals surface area contributed by atoms with Crippen molar-refractivity contribution in [1.82, 2.24) is 9.80 Å². The van der Waals surface area contributed by atoms with Crippen LogP contribution in [0.25, 0.3) is 0 Å². The maximum absolute atomic E-state index is 11.5. The summed E-state index contributed by atoms with van der Waals surface area (Å²) in [5, 5.41) is 8.89. The minimum absolute atomic E-state index is 0.115. The van der Waals surface area contributed by atoms with Gasteiger partial charge in [-0.1, -0.05) is 0 Å². The van der Waals surface area contributed by atoms with Crippen LogP contribution in [-0.2, 0) is 4.79 Å². The van der Waals surface area contributed by atoms with Gasteiger partial charge in [0.15, 0.2) is 0 Å². The first-order valence-corrected chi connectivity index (χ1v) is 7.00. The molecule has 18 heavy (non-hydrogen) atoms. The summed E-state index contributed by atoms with van der Waals surface area (Å²) in [6, 6.07) is 0. The van der Waals surface area contributed by atoms with Gasteiger partial charge < -0.3 is 10.0 Å². The lowest BCUT2D eigenvalue weighted by atomic mass is 9.77. The zero-order valence-electron chi connectivity index (χ0n) is 11.9. The number of carbonyl (C=O) groups is 1. The summed E-state index contributed by atoms with van der Waals surface area (Å²) in [4.78, 5) is 15.8. The molecule has 1 spiro atoms. The Bertz CT molecular complexity index is 314. The molecule has 4 nitrogen and oxygen atoms in total. The van der Waals surface area contributed by atoms with Crippen molar-refractivity contribution in [3.05, 3.63) is 0 Å². The van der Waals surface area contributed by atoms with Crippen molar-refractivity contribution in [3.63, 3.8) is 0 Å². The van der Waals surface area contributed by atoms with Gasteiger partial charge in [0, 0.05) is 25.2 Å². The lowest BCUT2D eigenvalue weighted by Gasteiger charge is -2.40. The Morgan fingerprint density at radius 1 is 1.17 bits per heavy atom. The van der Waals surface area contributed by atoms with E-state index in [1.165, 1.54) is 13.0 Å². The van der Waals surface area contributed by atoms with Gasteiger partial charge in [0.1, 0.15) is 6.61 Å². The fourth-order valence-corrected chi connectivity index (χ4v) is 3.25. The smallest absolute Gasteiger partial charge is 0.248 e. The minimum atomic E-state index is -0.346. The molecule has 0 bridgehead atoms. The Balaban J connectivity index is 1.92. The van der Waals surface area contributed by atoms with Crippen molar-refractivity contribution in [2.45, 2.75) is 45.6 Å². The summed E-state index contributed by atoms with van der Waals surface area (Å²) in [5.41, 5.74) is 0.668. The third-order valence-corrected chi connectivity index (χ3v) is 4.70. The summed E-state index contributed by atoms with van der Waals surface area (Å²) in [7, 11) is 0. The maximum atomic E-state index is 11.5. The number of carbonyl (C=O) groups excluding carboxylic acids is 1. The van der Waals surface area contributed by atoms with Gasteiger partial charge in [0.25, 0.3) is 0 Å². The van der Waals surface area contributed by atoms with Gasteiger partial charge in [-0.25, -0.2) is 0 Å². The van der Waals surface area contributed by atoms with Crippen LogP contribution in [-0.4, -0.2) is 59.1 Å². The summed E-state index contributed by atoms with van der Waals surface area (Å²) in [6.45, 7) is 10.5. The zero-order valence-corrected chi connectivity index (χ0v) is 11.9. The summed E-state index contributed by atoms with van der Waals surface area (Å²) >= 11 is 0. The molecule has 2 fully saturated rings. The molecular weight excluding hydrogens is 228 g/mol. The molecule has 1 N–H and O–H groups in total. The predicted molar refractivity (Wildman–Crippen MR) is 71.3 cm³/mol. The van der Waals surface area contributed by atoms with Crippen LogP contribution >= 0.6 is 0 Å². The molecule has 0 atom stereocenters. The molecule has 104 valence electrons. The van der Waals surface area contributed by atoms with Crippen LogP contribution in [0.2, 0.25) is 0 Å². The summed E-state index contributed by atoms with van der Waals surface area (Å²) in [6.07, 6.45) is 3.43. The van der Waals surface area contributed by atoms with Crippen LogP contribution in [0.3, 0.4) is 0 Å². The third-order valence-electron chi connectivity index (χ3n) is 4.70. The fourth-order valence-electron chi connectivity index (χ4n) is 3.25. The third kappa shape index (κ3) is 2.69. The van der Waals surface area contributed by atoms with Crippen molar-refractivity contribution in [3.8, 4) is 0 Å². The molecule has 0 radical (unpaired) electrons. The van der Waals surface area contributed by atoms with E-state index < -0.39 is 0 Å². The highest BCUT2D eigenvalue weighted by atomic mass is 16.3. The largest absolute Gasteiger partial charge is 0.387 e. The number of hydrogen-bond donors (Lipinski definition) is 1. The Morgan fingerprint density at radius 3 is 2.17 bits per heavy atom. The lowest BCUT2D eigenvalue weighted by Crippen LogP contribution is -2.47. The fraction of sp³-hybridized carbons (Fsp3) is 0.929. The predicted octanol–water partition coefficient (Wildman–Crippen LogP) is 1.09. The molecule has 4 heteroatoms. The molecule has 0 aromatic heterocycles. The number of hydrogen-bond acceptors (Lipinski definition) is 3. The van der Waals surface area contributed by atoms with Crippen molar-refractivity contribution < 1.29 is 9.90 Å². The lowest BCUT2D eigenvalue weighted by molar-refractivity contribution is -0.136. The number of likely N-dealkylation sites (tertiary alicyclic amines) is 2. The van der Waals surface area contributed by atoms with E-state index in [4.69, 9.17) is 5.11 Å². The Hall–Kier alpha value is -0.610. The van der Waals surface area contributed by atoms with E-state index in [1.54, 1.807) is 0 Å². The van der Waals surface area contributed by atoms with E-state index >= 15 is 0 Å². The molecule has 0 aliphatic carbocycles. The summed E-state index contributed by atoms with van der Waals surface area (Å²) < 4.78 is 0. The van der Waals surface area contributed by atoms with Crippen LogP contribution in [0.1, 0.15) is 40.0 Å². The minimum Gasteiger partial charge on any atom is -0.387 e. The number of nitrogens with zero attached hydrogens (tertiary/aromatic N) is 2. The second kappa shape index (κ2) is 4.82. The topological polar surface area (TPSA) is 43.8 Å². The SMILES string of the molecule is CC(C)(C)N1CCC2(CCN(C(=O)CO)CC2)C1. The second-order valence-electron chi connectivity index (χ2n) is 6.88. The average molecular weight is 254 g/mol.